The number of ether oxygens (including phenoxy) is 2. The molecule has 1 aromatic carbocycles. The van der Waals surface area contributed by atoms with Crippen molar-refractivity contribution >= 4 is 23.3 Å². The number of hydrogen-bond acceptors (Lipinski definition) is 7. The van der Waals surface area contributed by atoms with Crippen LogP contribution in [0, 0.1) is 5.92 Å². The molecular formula is C27H37FN4O5. The highest BCUT2D eigenvalue weighted by Crippen LogP contribution is 2.34. The molecule has 0 aromatic heterocycles. The minimum atomic E-state index is -1.39. The predicted molar refractivity (Wildman–Crippen MR) is 135 cm³/mol. The van der Waals surface area contributed by atoms with E-state index in [-0.39, 0.29) is 36.7 Å². The SMILES string of the molecule is COCCN1CCN(c2ccc(C(=O)N[C@H](C(=O)N3C[C@@H](F)[C@H]4OCC(=O)[C@H]43)C3CCCC3)cc2)CC1. The molecule has 4 aliphatic rings. The smallest absolute Gasteiger partial charge is 0.251 e. The van der Waals surface area contributed by atoms with Gasteiger partial charge < -0.3 is 24.6 Å². The van der Waals surface area contributed by atoms with E-state index in [1.165, 1.54) is 4.90 Å². The van der Waals surface area contributed by atoms with Crippen LogP contribution in [-0.4, -0.2) is 111 Å². The number of carbonyl (C=O) groups excluding carboxylic acids is 3. The molecule has 4 fully saturated rings. The van der Waals surface area contributed by atoms with Gasteiger partial charge in [-0.05, 0) is 43.0 Å². The molecule has 202 valence electrons. The molecule has 3 saturated heterocycles. The number of alkyl halides is 1. The zero-order valence-corrected chi connectivity index (χ0v) is 21.4. The highest BCUT2D eigenvalue weighted by atomic mass is 19.1. The van der Waals surface area contributed by atoms with Crippen LogP contribution < -0.4 is 10.2 Å². The number of hydrogen-bond donors (Lipinski definition) is 1. The standard InChI is InChI=1S/C27H37FN4O5/c1-36-15-14-30-10-12-31(13-11-30)20-8-6-19(7-9-20)26(34)29-23(18-4-2-3-5-18)27(35)32-16-21(28)25-24(32)22(33)17-37-25/h6-9,18,21,23-25H,2-5,10-17H2,1H3,(H,29,34)/t21-,23+,24-,25-/m1/s1. The Bertz CT molecular complexity index is 978. The Balaban J connectivity index is 1.24. The molecule has 1 aliphatic carbocycles. The van der Waals surface area contributed by atoms with Crippen LogP contribution in [0.5, 0.6) is 0 Å². The maximum Gasteiger partial charge on any atom is 0.251 e. The van der Waals surface area contributed by atoms with E-state index >= 15 is 0 Å². The van der Waals surface area contributed by atoms with E-state index in [1.807, 2.05) is 12.1 Å². The van der Waals surface area contributed by atoms with Crippen LogP contribution in [0.1, 0.15) is 36.0 Å². The van der Waals surface area contributed by atoms with E-state index in [1.54, 1.807) is 19.2 Å². The Morgan fingerprint density at radius 1 is 1.14 bits per heavy atom. The number of carbonyl (C=O) groups is 3. The fourth-order valence-electron chi connectivity index (χ4n) is 6.17. The van der Waals surface area contributed by atoms with Gasteiger partial charge in [-0.15, -0.1) is 0 Å². The molecule has 0 radical (unpaired) electrons. The van der Waals surface area contributed by atoms with Crippen LogP contribution in [-0.2, 0) is 19.1 Å². The average Bonchev–Trinajstić information content (AvgIpc) is 3.66. The lowest BCUT2D eigenvalue weighted by molar-refractivity contribution is -0.139. The number of ketones is 1. The second-order valence-electron chi connectivity index (χ2n) is 10.6. The monoisotopic (exact) mass is 516 g/mol. The fraction of sp³-hybridized carbons (Fsp3) is 0.667. The van der Waals surface area contributed by atoms with E-state index in [2.05, 4.69) is 15.1 Å². The summed E-state index contributed by atoms with van der Waals surface area (Å²) in [6, 6.07) is 5.79. The predicted octanol–water partition coefficient (Wildman–Crippen LogP) is 1.26. The maximum atomic E-state index is 14.5. The molecule has 3 aliphatic heterocycles. The molecule has 1 aromatic rings. The van der Waals surface area contributed by atoms with Gasteiger partial charge >= 0.3 is 0 Å². The van der Waals surface area contributed by atoms with Crippen molar-refractivity contribution < 1.29 is 28.2 Å². The summed E-state index contributed by atoms with van der Waals surface area (Å²) < 4.78 is 25.0. The summed E-state index contributed by atoms with van der Waals surface area (Å²) in [5.74, 6) is -1.01. The molecule has 9 nitrogen and oxygen atoms in total. The first-order valence-electron chi connectivity index (χ1n) is 13.4. The molecular weight excluding hydrogens is 479 g/mol. The fourth-order valence-corrected chi connectivity index (χ4v) is 6.17. The number of fused-ring (bicyclic) bond motifs is 1. The van der Waals surface area contributed by atoms with Crippen molar-refractivity contribution in [2.75, 3.05) is 64.5 Å². The summed E-state index contributed by atoms with van der Waals surface area (Å²) in [4.78, 5) is 45.2. The summed E-state index contributed by atoms with van der Waals surface area (Å²) in [7, 11) is 1.71. The molecule has 37 heavy (non-hydrogen) atoms. The third-order valence-corrected chi connectivity index (χ3v) is 8.31. The van der Waals surface area contributed by atoms with Gasteiger partial charge in [0.15, 0.2) is 5.78 Å². The van der Waals surface area contributed by atoms with Gasteiger partial charge in [0.1, 0.15) is 31.0 Å². The van der Waals surface area contributed by atoms with Gasteiger partial charge in [-0.25, -0.2) is 4.39 Å². The van der Waals surface area contributed by atoms with Crippen molar-refractivity contribution in [2.24, 2.45) is 5.92 Å². The molecule has 3 heterocycles. The van der Waals surface area contributed by atoms with E-state index in [0.29, 0.717) is 5.56 Å². The summed E-state index contributed by atoms with van der Waals surface area (Å²) >= 11 is 0. The molecule has 2 amide bonds. The van der Waals surface area contributed by atoms with Gasteiger partial charge in [0, 0.05) is 51.1 Å². The molecule has 1 N–H and O–H groups in total. The van der Waals surface area contributed by atoms with Crippen LogP contribution in [0.15, 0.2) is 24.3 Å². The van der Waals surface area contributed by atoms with Gasteiger partial charge in [-0.3, -0.25) is 19.3 Å². The number of Topliss-reactive ketones (excluding diaryl/α,β-unsaturated/α-hetero) is 1. The number of rotatable bonds is 8. The molecule has 5 rings (SSSR count). The molecule has 1 saturated carbocycles. The third-order valence-electron chi connectivity index (χ3n) is 8.31. The summed E-state index contributed by atoms with van der Waals surface area (Å²) in [5, 5.41) is 2.95. The van der Waals surface area contributed by atoms with Crippen LogP contribution in [0.3, 0.4) is 0 Å². The normalized spacial score (nSPS) is 27.5. The topological polar surface area (TPSA) is 91.4 Å². The Kier molecular flexibility index (Phi) is 8.07. The number of amides is 2. The van der Waals surface area contributed by atoms with E-state index in [4.69, 9.17) is 9.47 Å². The Hall–Kier alpha value is -2.56. The second kappa shape index (κ2) is 11.4. The number of piperazine rings is 1. The number of benzene rings is 1. The molecule has 0 bridgehead atoms. The van der Waals surface area contributed by atoms with Crippen molar-refractivity contribution in [3.8, 4) is 0 Å². The lowest BCUT2D eigenvalue weighted by Crippen LogP contribution is -2.54. The van der Waals surface area contributed by atoms with Gasteiger partial charge in [-0.1, -0.05) is 12.8 Å². The maximum absolute atomic E-state index is 14.5. The number of nitrogens with zero attached hydrogens (tertiary/aromatic N) is 3. The molecule has 4 atom stereocenters. The second-order valence-corrected chi connectivity index (χ2v) is 10.6. The van der Waals surface area contributed by atoms with Crippen LogP contribution >= 0.6 is 0 Å². The largest absolute Gasteiger partial charge is 0.383 e. The number of anilines is 1. The highest BCUT2D eigenvalue weighted by Gasteiger charge is 2.54. The summed E-state index contributed by atoms with van der Waals surface area (Å²) in [6.45, 7) is 5.04. The van der Waals surface area contributed by atoms with E-state index in [0.717, 1.165) is 70.7 Å². The first-order chi connectivity index (χ1) is 18.0. The van der Waals surface area contributed by atoms with Gasteiger partial charge in [0.2, 0.25) is 5.91 Å². The van der Waals surface area contributed by atoms with Crippen molar-refractivity contribution in [3.05, 3.63) is 29.8 Å². The zero-order valence-electron chi connectivity index (χ0n) is 21.4. The van der Waals surface area contributed by atoms with Crippen molar-refractivity contribution in [2.45, 2.75) is 50.0 Å². The first kappa shape index (κ1) is 26.1. The molecule has 0 spiro atoms. The Labute approximate surface area is 217 Å². The molecule has 0 unspecified atom stereocenters. The van der Waals surface area contributed by atoms with E-state index in [9.17, 15) is 18.8 Å². The van der Waals surface area contributed by atoms with Crippen molar-refractivity contribution in [1.29, 1.82) is 0 Å². The van der Waals surface area contributed by atoms with E-state index < -0.39 is 24.4 Å². The van der Waals surface area contributed by atoms with Crippen LogP contribution in [0.25, 0.3) is 0 Å². The van der Waals surface area contributed by atoms with Gasteiger partial charge in [0.05, 0.1) is 13.2 Å². The van der Waals surface area contributed by atoms with Gasteiger partial charge in [-0.2, -0.15) is 0 Å². The first-order valence-corrected chi connectivity index (χ1v) is 13.4. The highest BCUT2D eigenvalue weighted by molar-refractivity contribution is 5.99. The quantitative estimate of drug-likeness (QED) is 0.556. The Morgan fingerprint density at radius 2 is 1.84 bits per heavy atom. The average molecular weight is 517 g/mol. The third kappa shape index (κ3) is 5.51. The van der Waals surface area contributed by atoms with Crippen molar-refractivity contribution in [3.63, 3.8) is 0 Å². The molecule has 10 heteroatoms. The van der Waals surface area contributed by atoms with Gasteiger partial charge in [0.25, 0.3) is 5.91 Å². The summed E-state index contributed by atoms with van der Waals surface area (Å²) in [5.41, 5.74) is 1.53. The lowest BCUT2D eigenvalue weighted by atomic mass is 9.95. The number of halogens is 1. The summed E-state index contributed by atoms with van der Waals surface area (Å²) in [6.07, 6.45) is 1.31. The minimum Gasteiger partial charge on any atom is -0.383 e. The minimum absolute atomic E-state index is 0.0281. The number of nitrogens with one attached hydrogen (secondary N) is 1. The Morgan fingerprint density at radius 3 is 2.51 bits per heavy atom. The zero-order chi connectivity index (χ0) is 25.9. The van der Waals surface area contributed by atoms with Crippen LogP contribution in [0.2, 0.25) is 0 Å². The number of methoxy groups -OCH3 is 1. The van der Waals surface area contributed by atoms with Crippen molar-refractivity contribution in [1.82, 2.24) is 15.1 Å². The lowest BCUT2D eigenvalue weighted by Gasteiger charge is -2.36. The van der Waals surface area contributed by atoms with Crippen LogP contribution in [0.4, 0.5) is 10.1 Å². The number of likely N-dealkylation sites (tertiary alicyclic amines) is 1.